The molecule has 0 radical (unpaired) electrons. The van der Waals surface area contributed by atoms with Crippen LogP contribution in [0.5, 0.6) is 0 Å². The molecule has 0 bridgehead atoms. The lowest BCUT2D eigenvalue weighted by Crippen LogP contribution is -2.33. The van der Waals surface area contributed by atoms with E-state index in [2.05, 4.69) is 10.3 Å². The van der Waals surface area contributed by atoms with Crippen LogP contribution >= 0.6 is 23.1 Å². The standard InChI is InChI=1S/C19H21N3O2S2/c1-3-22-18(24)16-15(10-12-25-16)21-19(22)26-13(2)17(23)20-11-9-14-7-5-4-6-8-14/h4-8,10,12-13H,3,9,11H2,1-2H3,(H,20,23). The maximum absolute atomic E-state index is 12.5. The highest BCUT2D eigenvalue weighted by Gasteiger charge is 2.19. The van der Waals surface area contributed by atoms with E-state index in [0.717, 1.165) is 6.42 Å². The Morgan fingerprint density at radius 1 is 1.31 bits per heavy atom. The average molecular weight is 388 g/mol. The van der Waals surface area contributed by atoms with E-state index in [1.165, 1.54) is 28.7 Å². The summed E-state index contributed by atoms with van der Waals surface area (Å²) in [5.74, 6) is -0.0479. The summed E-state index contributed by atoms with van der Waals surface area (Å²) in [6.45, 7) is 4.87. The van der Waals surface area contributed by atoms with Crippen molar-refractivity contribution < 1.29 is 4.79 Å². The van der Waals surface area contributed by atoms with Gasteiger partial charge in [-0.1, -0.05) is 42.1 Å². The summed E-state index contributed by atoms with van der Waals surface area (Å²) in [5, 5.41) is 5.10. The lowest BCUT2D eigenvalue weighted by molar-refractivity contribution is -0.120. The predicted molar refractivity (Wildman–Crippen MR) is 108 cm³/mol. The molecule has 1 aromatic carbocycles. The maximum atomic E-state index is 12.5. The number of thiophene rings is 1. The third-order valence-corrected chi connectivity index (χ3v) is 6.04. The maximum Gasteiger partial charge on any atom is 0.272 e. The van der Waals surface area contributed by atoms with Crippen LogP contribution in [-0.2, 0) is 17.8 Å². The molecule has 2 aromatic heterocycles. The molecule has 0 aliphatic rings. The van der Waals surface area contributed by atoms with Gasteiger partial charge in [-0.25, -0.2) is 4.98 Å². The molecule has 0 aliphatic carbocycles. The number of thioether (sulfide) groups is 1. The summed E-state index contributed by atoms with van der Waals surface area (Å²) >= 11 is 2.73. The van der Waals surface area contributed by atoms with Crippen molar-refractivity contribution in [1.82, 2.24) is 14.9 Å². The largest absolute Gasteiger partial charge is 0.355 e. The van der Waals surface area contributed by atoms with Gasteiger partial charge in [-0.2, -0.15) is 0 Å². The smallest absolute Gasteiger partial charge is 0.272 e. The fourth-order valence-electron chi connectivity index (χ4n) is 2.62. The van der Waals surface area contributed by atoms with Crippen molar-refractivity contribution in [2.75, 3.05) is 6.54 Å². The molecule has 0 aliphatic heterocycles. The second-order valence-electron chi connectivity index (χ2n) is 5.87. The Bertz CT molecular complexity index is 950. The third kappa shape index (κ3) is 4.16. The molecule has 0 fully saturated rings. The van der Waals surface area contributed by atoms with Gasteiger partial charge in [-0.05, 0) is 37.3 Å². The van der Waals surface area contributed by atoms with Gasteiger partial charge < -0.3 is 5.32 Å². The molecule has 0 spiro atoms. The number of carbonyl (C=O) groups is 1. The highest BCUT2D eigenvalue weighted by molar-refractivity contribution is 8.00. The Labute approximate surface area is 160 Å². The van der Waals surface area contributed by atoms with Crippen LogP contribution in [0.25, 0.3) is 10.2 Å². The summed E-state index contributed by atoms with van der Waals surface area (Å²) < 4.78 is 2.30. The minimum absolute atomic E-state index is 0.0355. The van der Waals surface area contributed by atoms with Crippen LogP contribution in [0, 0.1) is 0 Å². The number of hydrogen-bond donors (Lipinski definition) is 1. The molecule has 136 valence electrons. The third-order valence-electron chi connectivity index (χ3n) is 4.05. The molecule has 1 unspecified atom stereocenters. The van der Waals surface area contributed by atoms with E-state index in [9.17, 15) is 9.59 Å². The number of carbonyl (C=O) groups excluding carboxylic acids is 1. The zero-order valence-electron chi connectivity index (χ0n) is 14.8. The predicted octanol–water partition coefficient (Wildman–Crippen LogP) is 3.32. The van der Waals surface area contributed by atoms with Crippen molar-refractivity contribution in [2.45, 2.75) is 37.2 Å². The van der Waals surface area contributed by atoms with Crippen LogP contribution in [0.4, 0.5) is 0 Å². The zero-order chi connectivity index (χ0) is 18.5. The first kappa shape index (κ1) is 18.7. The number of nitrogens with one attached hydrogen (secondary N) is 1. The van der Waals surface area contributed by atoms with Gasteiger partial charge >= 0.3 is 0 Å². The summed E-state index contributed by atoms with van der Waals surface area (Å²) in [6, 6.07) is 11.9. The first-order chi connectivity index (χ1) is 12.6. The number of rotatable bonds is 7. The van der Waals surface area contributed by atoms with Gasteiger partial charge in [0.05, 0.1) is 10.8 Å². The Morgan fingerprint density at radius 2 is 2.08 bits per heavy atom. The quantitative estimate of drug-likeness (QED) is 0.499. The van der Waals surface area contributed by atoms with Crippen LogP contribution in [0.2, 0.25) is 0 Å². The normalized spacial score (nSPS) is 12.2. The highest BCUT2D eigenvalue weighted by Crippen LogP contribution is 2.24. The van der Waals surface area contributed by atoms with Gasteiger partial charge in [-0.3, -0.25) is 14.2 Å². The molecule has 3 rings (SSSR count). The van der Waals surface area contributed by atoms with Crippen molar-refractivity contribution in [2.24, 2.45) is 0 Å². The molecule has 3 aromatic rings. The number of nitrogens with zero attached hydrogens (tertiary/aromatic N) is 2. The van der Waals surface area contributed by atoms with Crippen molar-refractivity contribution >= 4 is 39.2 Å². The van der Waals surface area contributed by atoms with Gasteiger partial charge in [0.1, 0.15) is 4.70 Å². The fourth-order valence-corrected chi connectivity index (χ4v) is 4.40. The van der Waals surface area contributed by atoms with Gasteiger partial charge in [-0.15, -0.1) is 11.3 Å². The fraction of sp³-hybridized carbons (Fsp3) is 0.316. The van der Waals surface area contributed by atoms with E-state index in [-0.39, 0.29) is 16.7 Å². The lowest BCUT2D eigenvalue weighted by Gasteiger charge is -2.14. The summed E-state index contributed by atoms with van der Waals surface area (Å²) in [7, 11) is 0. The first-order valence-corrected chi connectivity index (χ1v) is 10.3. The first-order valence-electron chi connectivity index (χ1n) is 8.56. The molecule has 5 nitrogen and oxygen atoms in total. The topological polar surface area (TPSA) is 64.0 Å². The van der Waals surface area contributed by atoms with Gasteiger partial charge in [0.15, 0.2) is 5.16 Å². The number of amides is 1. The molecule has 7 heteroatoms. The van der Waals surface area contributed by atoms with Gasteiger partial charge in [0.2, 0.25) is 5.91 Å². The van der Waals surface area contributed by atoms with Crippen LogP contribution in [0.15, 0.2) is 51.7 Å². The molecule has 1 amide bonds. The number of fused-ring (bicyclic) bond motifs is 1. The van der Waals surface area contributed by atoms with Gasteiger partial charge in [0, 0.05) is 13.1 Å². The molecule has 0 saturated heterocycles. The molecule has 1 N–H and O–H groups in total. The molecule has 0 saturated carbocycles. The van der Waals surface area contributed by atoms with Crippen molar-refractivity contribution in [3.05, 3.63) is 57.7 Å². The van der Waals surface area contributed by atoms with E-state index in [1.54, 1.807) is 4.57 Å². The van der Waals surface area contributed by atoms with E-state index in [0.29, 0.717) is 28.5 Å². The minimum Gasteiger partial charge on any atom is -0.355 e. The van der Waals surface area contributed by atoms with E-state index in [4.69, 9.17) is 0 Å². The Balaban J connectivity index is 1.65. The average Bonchev–Trinajstić information content (AvgIpc) is 3.11. The lowest BCUT2D eigenvalue weighted by atomic mass is 10.1. The summed E-state index contributed by atoms with van der Waals surface area (Å²) in [6.07, 6.45) is 0.794. The molecule has 1 atom stereocenters. The second-order valence-corrected chi connectivity index (χ2v) is 8.09. The van der Waals surface area contributed by atoms with Crippen molar-refractivity contribution in [3.8, 4) is 0 Å². The van der Waals surface area contributed by atoms with E-state index < -0.39 is 0 Å². The molecule has 2 heterocycles. The Kier molecular flexibility index (Phi) is 6.11. The molecular weight excluding hydrogens is 366 g/mol. The Hall–Kier alpha value is -2.12. The van der Waals surface area contributed by atoms with Gasteiger partial charge in [0.25, 0.3) is 5.56 Å². The molecule has 26 heavy (non-hydrogen) atoms. The number of aromatic nitrogens is 2. The monoisotopic (exact) mass is 387 g/mol. The van der Waals surface area contributed by atoms with Crippen LogP contribution in [0.1, 0.15) is 19.4 Å². The van der Waals surface area contributed by atoms with Crippen molar-refractivity contribution in [3.63, 3.8) is 0 Å². The highest BCUT2D eigenvalue weighted by atomic mass is 32.2. The number of benzene rings is 1. The van der Waals surface area contributed by atoms with E-state index >= 15 is 0 Å². The van der Waals surface area contributed by atoms with E-state index in [1.807, 2.05) is 55.6 Å². The molecular formula is C19H21N3O2S2. The van der Waals surface area contributed by atoms with Crippen LogP contribution in [-0.4, -0.2) is 27.3 Å². The zero-order valence-corrected chi connectivity index (χ0v) is 16.4. The number of hydrogen-bond acceptors (Lipinski definition) is 5. The Morgan fingerprint density at radius 3 is 2.81 bits per heavy atom. The van der Waals surface area contributed by atoms with Crippen LogP contribution < -0.4 is 10.9 Å². The minimum atomic E-state index is -0.327. The SMILES string of the molecule is CCn1c(SC(C)C(=O)NCCc2ccccc2)nc2ccsc2c1=O. The van der Waals surface area contributed by atoms with Crippen molar-refractivity contribution in [1.29, 1.82) is 0 Å². The summed E-state index contributed by atoms with van der Waals surface area (Å²) in [4.78, 5) is 29.5. The van der Waals surface area contributed by atoms with Crippen LogP contribution in [0.3, 0.4) is 0 Å². The second kappa shape index (κ2) is 8.51. The summed E-state index contributed by atoms with van der Waals surface area (Å²) in [5.41, 5.74) is 1.85.